The molecule has 4 nitrogen and oxygen atoms in total. The number of nitrogens with zero attached hydrogens (tertiary/aromatic N) is 3. The zero-order chi connectivity index (χ0) is 14.2. The zero-order valence-corrected chi connectivity index (χ0v) is 12.9. The predicted octanol–water partition coefficient (Wildman–Crippen LogP) is 2.91. The third-order valence-corrected chi connectivity index (χ3v) is 5.12. The van der Waals surface area contributed by atoms with Gasteiger partial charge in [0, 0.05) is 23.7 Å². The maximum atomic E-state index is 4.46. The van der Waals surface area contributed by atoms with Crippen LogP contribution in [0.1, 0.15) is 23.6 Å². The first-order chi connectivity index (χ1) is 10.3. The summed E-state index contributed by atoms with van der Waals surface area (Å²) in [4.78, 5) is 4.46. The monoisotopic (exact) mass is 298 g/mol. The Morgan fingerprint density at radius 3 is 3.24 bits per heavy atom. The Morgan fingerprint density at radius 2 is 2.29 bits per heavy atom. The molecular weight excluding hydrogens is 280 g/mol. The Labute approximate surface area is 127 Å². The topological polar surface area (TPSA) is 42.7 Å². The average Bonchev–Trinajstić information content (AvgIpc) is 3.07. The number of hydrogen-bond donors (Lipinski definition) is 1. The normalized spacial score (nSPS) is 18.0. The summed E-state index contributed by atoms with van der Waals surface area (Å²) in [5.74, 6) is 2.01. The molecule has 5 heteroatoms. The van der Waals surface area contributed by atoms with Gasteiger partial charge in [-0.2, -0.15) is 5.10 Å². The van der Waals surface area contributed by atoms with E-state index in [9.17, 15) is 0 Å². The van der Waals surface area contributed by atoms with E-state index in [0.717, 1.165) is 37.6 Å². The molecule has 0 bridgehead atoms. The summed E-state index contributed by atoms with van der Waals surface area (Å²) in [6, 6.07) is 9.10. The third kappa shape index (κ3) is 2.47. The van der Waals surface area contributed by atoms with Crippen LogP contribution in [0.3, 0.4) is 0 Å². The van der Waals surface area contributed by atoms with Crippen molar-refractivity contribution in [3.05, 3.63) is 46.9 Å². The lowest BCUT2D eigenvalue weighted by molar-refractivity contribution is 0.358. The zero-order valence-electron chi connectivity index (χ0n) is 12.0. The Kier molecular flexibility index (Phi) is 3.24. The van der Waals surface area contributed by atoms with Crippen LogP contribution in [0, 0.1) is 6.92 Å². The Balaban J connectivity index is 1.46. The fourth-order valence-corrected chi connectivity index (χ4v) is 3.99. The summed E-state index contributed by atoms with van der Waals surface area (Å²) in [7, 11) is 0. The number of thiophene rings is 1. The van der Waals surface area contributed by atoms with Crippen molar-refractivity contribution in [3.8, 4) is 0 Å². The van der Waals surface area contributed by atoms with Gasteiger partial charge in [-0.25, -0.2) is 9.67 Å². The minimum Gasteiger partial charge on any atom is -0.308 e. The number of aryl methyl sites for hydroxylation is 2. The lowest BCUT2D eigenvalue weighted by Crippen LogP contribution is -2.37. The van der Waals surface area contributed by atoms with Crippen molar-refractivity contribution in [2.75, 3.05) is 0 Å². The second-order valence-electron chi connectivity index (χ2n) is 5.63. The van der Waals surface area contributed by atoms with Crippen molar-refractivity contribution in [1.29, 1.82) is 0 Å². The molecule has 0 radical (unpaired) electrons. The van der Waals surface area contributed by atoms with Crippen molar-refractivity contribution < 1.29 is 0 Å². The van der Waals surface area contributed by atoms with E-state index in [1.165, 1.54) is 15.6 Å². The van der Waals surface area contributed by atoms with Crippen molar-refractivity contribution in [1.82, 2.24) is 20.1 Å². The molecule has 0 amide bonds. The maximum absolute atomic E-state index is 4.46. The van der Waals surface area contributed by atoms with E-state index in [0.29, 0.717) is 6.04 Å². The van der Waals surface area contributed by atoms with Crippen LogP contribution in [-0.2, 0) is 19.5 Å². The molecule has 108 valence electrons. The largest absolute Gasteiger partial charge is 0.308 e. The molecule has 0 unspecified atom stereocenters. The van der Waals surface area contributed by atoms with E-state index in [4.69, 9.17) is 0 Å². The summed E-state index contributed by atoms with van der Waals surface area (Å²) in [6.07, 6.45) is 2.16. The molecule has 0 spiro atoms. The van der Waals surface area contributed by atoms with Gasteiger partial charge in [-0.1, -0.05) is 18.2 Å². The highest BCUT2D eigenvalue weighted by atomic mass is 32.1. The fraction of sp³-hybridized carbons (Fsp3) is 0.375. The van der Waals surface area contributed by atoms with Crippen LogP contribution in [-0.4, -0.2) is 20.8 Å². The van der Waals surface area contributed by atoms with Crippen LogP contribution < -0.4 is 5.32 Å². The summed E-state index contributed by atoms with van der Waals surface area (Å²) >= 11 is 1.82. The Morgan fingerprint density at radius 1 is 1.38 bits per heavy atom. The number of rotatable bonds is 3. The van der Waals surface area contributed by atoms with Gasteiger partial charge in [-0.05, 0) is 35.7 Å². The van der Waals surface area contributed by atoms with Crippen LogP contribution in [0.25, 0.3) is 10.1 Å². The highest BCUT2D eigenvalue weighted by Crippen LogP contribution is 2.25. The summed E-state index contributed by atoms with van der Waals surface area (Å²) < 4.78 is 3.43. The molecule has 1 aliphatic rings. The highest BCUT2D eigenvalue weighted by Gasteiger charge is 2.20. The number of benzene rings is 1. The molecule has 0 aliphatic carbocycles. The smallest absolute Gasteiger partial charge is 0.147 e. The highest BCUT2D eigenvalue weighted by molar-refractivity contribution is 7.17. The Bertz CT molecular complexity index is 774. The molecule has 4 rings (SSSR count). The second kappa shape index (κ2) is 5.24. The minimum atomic E-state index is 0.484. The molecule has 1 aliphatic heterocycles. The number of aromatic nitrogens is 3. The summed E-state index contributed by atoms with van der Waals surface area (Å²) in [5, 5.41) is 11.8. The molecule has 21 heavy (non-hydrogen) atoms. The molecule has 0 fully saturated rings. The summed E-state index contributed by atoms with van der Waals surface area (Å²) in [6.45, 7) is 3.82. The lowest BCUT2D eigenvalue weighted by Gasteiger charge is -2.23. The lowest BCUT2D eigenvalue weighted by atomic mass is 10.1. The number of hydrogen-bond acceptors (Lipinski definition) is 4. The van der Waals surface area contributed by atoms with Crippen molar-refractivity contribution in [2.24, 2.45) is 0 Å². The molecule has 2 aromatic heterocycles. The Hall–Kier alpha value is -1.72. The summed E-state index contributed by atoms with van der Waals surface area (Å²) in [5.41, 5.74) is 1.40. The first-order valence-corrected chi connectivity index (χ1v) is 8.26. The van der Waals surface area contributed by atoms with Crippen molar-refractivity contribution in [3.63, 3.8) is 0 Å². The molecule has 0 saturated carbocycles. The van der Waals surface area contributed by atoms with E-state index >= 15 is 0 Å². The van der Waals surface area contributed by atoms with Crippen molar-refractivity contribution >= 4 is 21.4 Å². The molecule has 1 atom stereocenters. The van der Waals surface area contributed by atoms with Gasteiger partial charge in [0.05, 0.1) is 6.54 Å². The van der Waals surface area contributed by atoms with E-state index in [1.54, 1.807) is 0 Å². The third-order valence-electron chi connectivity index (χ3n) is 4.11. The second-order valence-corrected chi connectivity index (χ2v) is 6.54. The molecule has 3 heterocycles. The molecule has 1 N–H and O–H groups in total. The van der Waals surface area contributed by atoms with Crippen molar-refractivity contribution in [2.45, 2.75) is 38.9 Å². The standard InChI is InChI=1S/C16H18N4S/c1-11-18-16-7-6-13(9-20(16)19-11)17-8-12-10-21-15-5-3-2-4-14(12)15/h2-5,10,13,17H,6-9H2,1H3/t13-/m0/s1. The van der Waals surface area contributed by atoms with Crippen LogP contribution >= 0.6 is 11.3 Å². The van der Waals surface area contributed by atoms with E-state index in [2.05, 4.69) is 49.7 Å². The molecular formula is C16H18N4S. The van der Waals surface area contributed by atoms with Crippen LogP contribution in [0.2, 0.25) is 0 Å². The molecule has 3 aromatic rings. The average molecular weight is 298 g/mol. The van der Waals surface area contributed by atoms with Gasteiger partial charge in [-0.15, -0.1) is 11.3 Å². The fourth-order valence-electron chi connectivity index (χ4n) is 3.02. The minimum absolute atomic E-state index is 0.484. The van der Waals surface area contributed by atoms with Crippen LogP contribution in [0.15, 0.2) is 29.6 Å². The first-order valence-electron chi connectivity index (χ1n) is 7.38. The van der Waals surface area contributed by atoms with Crippen LogP contribution in [0.5, 0.6) is 0 Å². The molecule has 1 aromatic carbocycles. The van der Waals surface area contributed by atoms with E-state index < -0.39 is 0 Å². The number of nitrogens with one attached hydrogen (secondary N) is 1. The van der Waals surface area contributed by atoms with Gasteiger partial charge in [0.2, 0.25) is 0 Å². The van der Waals surface area contributed by atoms with Gasteiger partial charge < -0.3 is 5.32 Å². The van der Waals surface area contributed by atoms with E-state index in [1.807, 2.05) is 18.3 Å². The van der Waals surface area contributed by atoms with Gasteiger partial charge >= 0.3 is 0 Å². The quantitative estimate of drug-likeness (QED) is 0.808. The number of fused-ring (bicyclic) bond motifs is 2. The SMILES string of the molecule is Cc1nc2n(n1)C[C@@H](NCc1csc3ccccc13)CC2. The predicted molar refractivity (Wildman–Crippen MR) is 85.5 cm³/mol. The van der Waals surface area contributed by atoms with Gasteiger partial charge in [0.15, 0.2) is 0 Å². The van der Waals surface area contributed by atoms with E-state index in [-0.39, 0.29) is 0 Å². The van der Waals surface area contributed by atoms with Gasteiger partial charge in [-0.3, -0.25) is 0 Å². The first kappa shape index (κ1) is 13.0. The van der Waals surface area contributed by atoms with Crippen LogP contribution in [0.4, 0.5) is 0 Å². The van der Waals surface area contributed by atoms with Gasteiger partial charge in [0.1, 0.15) is 11.6 Å². The van der Waals surface area contributed by atoms with Gasteiger partial charge in [0.25, 0.3) is 0 Å². The maximum Gasteiger partial charge on any atom is 0.147 e. The molecule has 0 saturated heterocycles.